The van der Waals surface area contributed by atoms with Gasteiger partial charge in [-0.25, -0.2) is 0 Å². The predicted octanol–water partition coefficient (Wildman–Crippen LogP) is 2.54. The number of nitrogens with two attached hydrogens (primary N) is 1. The standard InChI is InChI=1S/C16H17NO3/c1-18-13-8-4-5-9-14(13)20-15-10-19-12-7-3-2-6-11(12)16(15)17/h2-9,15-16H,10,17H2,1H3. The van der Waals surface area contributed by atoms with E-state index in [1.165, 1.54) is 0 Å². The lowest BCUT2D eigenvalue weighted by atomic mass is 9.99. The molecule has 3 rings (SSSR count). The highest BCUT2D eigenvalue weighted by molar-refractivity contribution is 5.41. The second-order valence-corrected chi connectivity index (χ2v) is 4.68. The van der Waals surface area contributed by atoms with Crippen LogP contribution in [-0.4, -0.2) is 19.8 Å². The van der Waals surface area contributed by atoms with Crippen molar-refractivity contribution in [3.8, 4) is 17.2 Å². The van der Waals surface area contributed by atoms with Crippen molar-refractivity contribution in [1.29, 1.82) is 0 Å². The Bertz CT molecular complexity index is 600. The molecule has 1 heterocycles. The second-order valence-electron chi connectivity index (χ2n) is 4.68. The first-order valence-corrected chi connectivity index (χ1v) is 6.56. The SMILES string of the molecule is COc1ccccc1OC1COc2ccccc2C1N. The minimum absolute atomic E-state index is 0.218. The average molecular weight is 271 g/mol. The van der Waals surface area contributed by atoms with Crippen LogP contribution in [0.2, 0.25) is 0 Å². The van der Waals surface area contributed by atoms with E-state index in [2.05, 4.69) is 0 Å². The summed E-state index contributed by atoms with van der Waals surface area (Å²) >= 11 is 0. The Balaban J connectivity index is 1.83. The Morgan fingerprint density at radius 1 is 1.05 bits per heavy atom. The van der Waals surface area contributed by atoms with Crippen molar-refractivity contribution < 1.29 is 14.2 Å². The van der Waals surface area contributed by atoms with Gasteiger partial charge >= 0.3 is 0 Å². The van der Waals surface area contributed by atoms with Crippen LogP contribution in [0.4, 0.5) is 0 Å². The van der Waals surface area contributed by atoms with Gasteiger partial charge in [0.2, 0.25) is 0 Å². The molecule has 2 aromatic rings. The molecule has 0 saturated carbocycles. The lowest BCUT2D eigenvalue weighted by Crippen LogP contribution is -2.40. The summed E-state index contributed by atoms with van der Waals surface area (Å²) in [5.41, 5.74) is 7.26. The van der Waals surface area contributed by atoms with Gasteiger partial charge in [0.1, 0.15) is 12.4 Å². The van der Waals surface area contributed by atoms with Gasteiger partial charge in [0, 0.05) is 5.56 Å². The molecule has 20 heavy (non-hydrogen) atoms. The molecule has 2 atom stereocenters. The second kappa shape index (κ2) is 5.43. The molecule has 0 amide bonds. The monoisotopic (exact) mass is 271 g/mol. The van der Waals surface area contributed by atoms with Crippen molar-refractivity contribution in [3.63, 3.8) is 0 Å². The van der Waals surface area contributed by atoms with Crippen molar-refractivity contribution in [2.75, 3.05) is 13.7 Å². The molecule has 2 aromatic carbocycles. The fourth-order valence-corrected chi connectivity index (χ4v) is 2.35. The number of hydrogen-bond acceptors (Lipinski definition) is 4. The van der Waals surface area contributed by atoms with Crippen LogP contribution in [0.3, 0.4) is 0 Å². The van der Waals surface area contributed by atoms with Gasteiger partial charge in [0.25, 0.3) is 0 Å². The Morgan fingerprint density at radius 2 is 1.75 bits per heavy atom. The number of fused-ring (bicyclic) bond motifs is 1. The largest absolute Gasteiger partial charge is 0.493 e. The van der Waals surface area contributed by atoms with Crippen LogP contribution in [0.15, 0.2) is 48.5 Å². The third-order valence-electron chi connectivity index (χ3n) is 3.43. The predicted molar refractivity (Wildman–Crippen MR) is 76.3 cm³/mol. The van der Waals surface area contributed by atoms with Gasteiger partial charge in [-0.15, -0.1) is 0 Å². The fraction of sp³-hybridized carbons (Fsp3) is 0.250. The minimum atomic E-state index is -0.235. The first kappa shape index (κ1) is 12.8. The van der Waals surface area contributed by atoms with Gasteiger partial charge in [-0.2, -0.15) is 0 Å². The van der Waals surface area contributed by atoms with Crippen LogP contribution >= 0.6 is 0 Å². The quantitative estimate of drug-likeness (QED) is 0.932. The topological polar surface area (TPSA) is 53.7 Å². The third-order valence-corrected chi connectivity index (χ3v) is 3.43. The van der Waals surface area contributed by atoms with E-state index < -0.39 is 0 Å². The Hall–Kier alpha value is -2.20. The molecule has 0 saturated heterocycles. The molecule has 1 aliphatic heterocycles. The highest BCUT2D eigenvalue weighted by Crippen LogP contribution is 2.34. The molecule has 0 radical (unpaired) electrons. The number of para-hydroxylation sites is 3. The van der Waals surface area contributed by atoms with Gasteiger partial charge in [-0.3, -0.25) is 0 Å². The van der Waals surface area contributed by atoms with E-state index >= 15 is 0 Å². The maximum atomic E-state index is 6.28. The summed E-state index contributed by atoms with van der Waals surface area (Å²) in [7, 11) is 1.62. The maximum absolute atomic E-state index is 6.28. The summed E-state index contributed by atoms with van der Waals surface area (Å²) in [6.07, 6.45) is -0.235. The van der Waals surface area contributed by atoms with Crippen molar-refractivity contribution in [2.45, 2.75) is 12.1 Å². The molecule has 1 aliphatic rings. The summed E-state index contributed by atoms with van der Waals surface area (Å²) < 4.78 is 17.0. The number of methoxy groups -OCH3 is 1. The van der Waals surface area contributed by atoms with E-state index in [9.17, 15) is 0 Å². The van der Waals surface area contributed by atoms with Crippen molar-refractivity contribution in [2.24, 2.45) is 5.73 Å². The molecule has 0 fully saturated rings. The van der Waals surface area contributed by atoms with Crippen molar-refractivity contribution in [1.82, 2.24) is 0 Å². The number of ether oxygens (including phenoxy) is 3. The molecule has 0 bridgehead atoms. The summed E-state index contributed by atoms with van der Waals surface area (Å²) in [6.45, 7) is 0.427. The molecule has 2 unspecified atom stereocenters. The van der Waals surface area contributed by atoms with Gasteiger partial charge in [-0.1, -0.05) is 30.3 Å². The summed E-state index contributed by atoms with van der Waals surface area (Å²) in [5.74, 6) is 2.21. The smallest absolute Gasteiger partial charge is 0.161 e. The van der Waals surface area contributed by atoms with E-state index in [0.29, 0.717) is 18.1 Å². The molecular formula is C16H17NO3. The number of benzene rings is 2. The van der Waals surface area contributed by atoms with Gasteiger partial charge in [0.15, 0.2) is 17.6 Å². The molecular weight excluding hydrogens is 254 g/mol. The molecule has 104 valence electrons. The van der Waals surface area contributed by atoms with Crippen LogP contribution in [0.5, 0.6) is 17.2 Å². The van der Waals surface area contributed by atoms with Gasteiger partial charge < -0.3 is 19.9 Å². The molecule has 4 nitrogen and oxygen atoms in total. The van der Waals surface area contributed by atoms with E-state index in [1.54, 1.807) is 7.11 Å². The molecule has 0 aromatic heterocycles. The highest BCUT2D eigenvalue weighted by Gasteiger charge is 2.30. The zero-order valence-electron chi connectivity index (χ0n) is 11.3. The Kier molecular flexibility index (Phi) is 3.48. The van der Waals surface area contributed by atoms with Crippen LogP contribution < -0.4 is 19.9 Å². The fourth-order valence-electron chi connectivity index (χ4n) is 2.35. The van der Waals surface area contributed by atoms with E-state index in [4.69, 9.17) is 19.9 Å². The lowest BCUT2D eigenvalue weighted by Gasteiger charge is -2.31. The summed E-state index contributed by atoms with van der Waals surface area (Å²) in [6, 6.07) is 15.1. The van der Waals surface area contributed by atoms with Gasteiger partial charge in [-0.05, 0) is 18.2 Å². The molecule has 0 spiro atoms. The summed E-state index contributed by atoms with van der Waals surface area (Å²) in [4.78, 5) is 0. The molecule has 2 N–H and O–H groups in total. The van der Waals surface area contributed by atoms with Gasteiger partial charge in [0.05, 0.1) is 13.2 Å². The number of hydrogen-bond donors (Lipinski definition) is 1. The minimum Gasteiger partial charge on any atom is -0.493 e. The van der Waals surface area contributed by atoms with Crippen LogP contribution in [-0.2, 0) is 0 Å². The van der Waals surface area contributed by atoms with Crippen LogP contribution in [0.25, 0.3) is 0 Å². The first-order chi connectivity index (χ1) is 9.79. The van der Waals surface area contributed by atoms with Crippen LogP contribution in [0, 0.1) is 0 Å². The molecule has 4 heteroatoms. The Labute approximate surface area is 118 Å². The average Bonchev–Trinajstić information content (AvgIpc) is 2.51. The van der Waals surface area contributed by atoms with E-state index in [0.717, 1.165) is 11.3 Å². The third kappa shape index (κ3) is 2.30. The lowest BCUT2D eigenvalue weighted by molar-refractivity contribution is 0.0852. The number of rotatable bonds is 3. The van der Waals surface area contributed by atoms with E-state index in [-0.39, 0.29) is 12.1 Å². The van der Waals surface area contributed by atoms with Crippen LogP contribution in [0.1, 0.15) is 11.6 Å². The highest BCUT2D eigenvalue weighted by atomic mass is 16.6. The maximum Gasteiger partial charge on any atom is 0.161 e. The van der Waals surface area contributed by atoms with Crippen molar-refractivity contribution in [3.05, 3.63) is 54.1 Å². The Morgan fingerprint density at radius 3 is 2.55 bits per heavy atom. The first-order valence-electron chi connectivity index (χ1n) is 6.56. The zero-order chi connectivity index (χ0) is 13.9. The normalized spacial score (nSPS) is 20.7. The van der Waals surface area contributed by atoms with Crippen molar-refractivity contribution >= 4 is 0 Å². The van der Waals surface area contributed by atoms with E-state index in [1.807, 2.05) is 48.5 Å². The molecule has 0 aliphatic carbocycles. The zero-order valence-corrected chi connectivity index (χ0v) is 11.3. The summed E-state index contributed by atoms with van der Waals surface area (Å²) in [5, 5.41) is 0.